The van der Waals surface area contributed by atoms with Gasteiger partial charge in [0, 0.05) is 19.1 Å². The van der Waals surface area contributed by atoms with Gasteiger partial charge in [0.25, 0.3) is 0 Å². The summed E-state index contributed by atoms with van der Waals surface area (Å²) in [5, 5.41) is 36.9. The van der Waals surface area contributed by atoms with E-state index < -0.39 is 49.6 Å². The van der Waals surface area contributed by atoms with Gasteiger partial charge in [-0.05, 0) is 24.5 Å². The minimum atomic E-state index is -1.21. The lowest BCUT2D eigenvalue weighted by molar-refractivity contribution is -0.144. The Labute approximate surface area is 179 Å². The topological polar surface area (TPSA) is 169 Å². The molecule has 0 saturated heterocycles. The minimum Gasteiger partial charge on any atom is -0.480 e. The molecule has 1 rings (SSSR count). The molecular weight excluding hydrogens is 410 g/mol. The van der Waals surface area contributed by atoms with Crippen molar-refractivity contribution in [2.45, 2.75) is 39.3 Å². The average Bonchev–Trinajstić information content (AvgIpc) is 2.65. The van der Waals surface area contributed by atoms with Crippen LogP contribution >= 0.6 is 0 Å². The Kier molecular flexibility index (Phi) is 10.6. The molecule has 31 heavy (non-hydrogen) atoms. The van der Waals surface area contributed by atoms with Gasteiger partial charge in [0.05, 0.1) is 25.3 Å². The molecule has 0 aromatic carbocycles. The summed E-state index contributed by atoms with van der Waals surface area (Å²) < 4.78 is 0. The SMILES string of the molecule is CCC(C)C[C@@H](CN(CC(=O)O)Cc1cccc(C(=O)O)n1)N(CC(=O)O)CC(=O)O. The number of aromatic carboxylic acids is 1. The van der Waals surface area contributed by atoms with Crippen LogP contribution in [-0.2, 0) is 20.9 Å². The van der Waals surface area contributed by atoms with E-state index in [2.05, 4.69) is 4.98 Å². The Morgan fingerprint density at radius 1 is 0.968 bits per heavy atom. The van der Waals surface area contributed by atoms with Crippen molar-refractivity contribution in [3.63, 3.8) is 0 Å². The molecule has 0 bridgehead atoms. The normalized spacial score (nSPS) is 13.2. The van der Waals surface area contributed by atoms with Crippen molar-refractivity contribution < 1.29 is 39.6 Å². The molecule has 0 aliphatic rings. The van der Waals surface area contributed by atoms with E-state index in [4.69, 9.17) is 5.11 Å². The van der Waals surface area contributed by atoms with E-state index in [0.717, 1.165) is 6.42 Å². The molecule has 0 fully saturated rings. The number of carboxylic acids is 4. The van der Waals surface area contributed by atoms with Gasteiger partial charge in [-0.2, -0.15) is 0 Å². The third-order valence-corrected chi connectivity index (χ3v) is 4.80. The second-order valence-electron chi connectivity index (χ2n) is 7.48. The number of carboxylic acid groups (broad SMARTS) is 4. The molecule has 1 aromatic rings. The predicted molar refractivity (Wildman–Crippen MR) is 109 cm³/mol. The van der Waals surface area contributed by atoms with Gasteiger partial charge in [0.2, 0.25) is 0 Å². The molecule has 11 heteroatoms. The quantitative estimate of drug-likeness (QED) is 0.307. The Bertz CT molecular complexity index is 769. The first kappa shape index (κ1) is 26.0. The molecule has 0 aliphatic carbocycles. The van der Waals surface area contributed by atoms with Gasteiger partial charge in [-0.15, -0.1) is 0 Å². The van der Waals surface area contributed by atoms with Crippen LogP contribution < -0.4 is 0 Å². The van der Waals surface area contributed by atoms with Crippen LogP contribution in [0.1, 0.15) is 42.9 Å². The van der Waals surface area contributed by atoms with E-state index in [1.54, 1.807) is 6.07 Å². The third-order valence-electron chi connectivity index (χ3n) is 4.80. The maximum atomic E-state index is 11.4. The van der Waals surface area contributed by atoms with Crippen molar-refractivity contribution >= 4 is 23.9 Å². The van der Waals surface area contributed by atoms with Crippen LogP contribution in [0.4, 0.5) is 0 Å². The molecule has 0 radical (unpaired) electrons. The van der Waals surface area contributed by atoms with E-state index >= 15 is 0 Å². The zero-order valence-electron chi connectivity index (χ0n) is 17.6. The highest BCUT2D eigenvalue weighted by Gasteiger charge is 2.27. The van der Waals surface area contributed by atoms with E-state index in [-0.39, 0.29) is 24.7 Å². The summed E-state index contributed by atoms with van der Waals surface area (Å²) in [6.07, 6.45) is 1.25. The van der Waals surface area contributed by atoms with Crippen molar-refractivity contribution in [1.82, 2.24) is 14.8 Å². The number of carbonyl (C=O) groups is 4. The van der Waals surface area contributed by atoms with Crippen molar-refractivity contribution in [2.24, 2.45) is 5.92 Å². The van der Waals surface area contributed by atoms with Crippen LogP contribution in [0, 0.1) is 5.92 Å². The van der Waals surface area contributed by atoms with Gasteiger partial charge in [0.1, 0.15) is 5.69 Å². The Hall–Kier alpha value is -3.05. The largest absolute Gasteiger partial charge is 0.480 e. The van der Waals surface area contributed by atoms with Crippen LogP contribution in [0.5, 0.6) is 0 Å². The Morgan fingerprint density at radius 2 is 1.55 bits per heavy atom. The van der Waals surface area contributed by atoms with Crippen LogP contribution in [0.25, 0.3) is 0 Å². The molecule has 0 saturated carbocycles. The smallest absolute Gasteiger partial charge is 0.354 e. The van der Waals surface area contributed by atoms with Crippen LogP contribution in [0.15, 0.2) is 18.2 Å². The summed E-state index contributed by atoms with van der Waals surface area (Å²) in [6.45, 7) is 2.60. The maximum absolute atomic E-state index is 11.4. The summed E-state index contributed by atoms with van der Waals surface area (Å²) in [5.74, 6) is -4.56. The summed E-state index contributed by atoms with van der Waals surface area (Å²) in [7, 11) is 0. The van der Waals surface area contributed by atoms with Crippen molar-refractivity contribution in [2.75, 3.05) is 26.2 Å². The van der Waals surface area contributed by atoms with E-state index in [0.29, 0.717) is 12.1 Å². The monoisotopic (exact) mass is 439 g/mol. The number of aliphatic carboxylic acids is 3. The first-order chi connectivity index (χ1) is 14.5. The molecule has 4 N–H and O–H groups in total. The van der Waals surface area contributed by atoms with E-state index in [9.17, 15) is 34.5 Å². The zero-order chi connectivity index (χ0) is 23.6. The highest BCUT2D eigenvalue weighted by Crippen LogP contribution is 2.17. The fourth-order valence-corrected chi connectivity index (χ4v) is 3.22. The molecule has 0 aliphatic heterocycles. The summed E-state index contributed by atoms with van der Waals surface area (Å²) in [5.41, 5.74) is 0.161. The van der Waals surface area contributed by atoms with E-state index in [1.807, 2.05) is 13.8 Å². The lowest BCUT2D eigenvalue weighted by atomic mass is 9.97. The zero-order valence-corrected chi connectivity index (χ0v) is 17.6. The number of nitrogens with zero attached hydrogens (tertiary/aromatic N) is 3. The molecule has 1 heterocycles. The number of rotatable bonds is 15. The summed E-state index contributed by atoms with van der Waals surface area (Å²) >= 11 is 0. The van der Waals surface area contributed by atoms with Crippen LogP contribution in [0.3, 0.4) is 0 Å². The molecule has 2 atom stereocenters. The Morgan fingerprint density at radius 3 is 2.03 bits per heavy atom. The number of aromatic nitrogens is 1. The molecule has 172 valence electrons. The predicted octanol–water partition coefficient (Wildman–Crippen LogP) is 0.942. The van der Waals surface area contributed by atoms with Crippen LogP contribution in [-0.4, -0.2) is 91.3 Å². The van der Waals surface area contributed by atoms with Crippen molar-refractivity contribution in [3.8, 4) is 0 Å². The average molecular weight is 439 g/mol. The first-order valence-electron chi connectivity index (χ1n) is 9.82. The minimum absolute atomic E-state index is 0.0123. The number of pyridine rings is 1. The van der Waals surface area contributed by atoms with Gasteiger partial charge in [-0.25, -0.2) is 9.78 Å². The highest BCUT2D eigenvalue weighted by molar-refractivity contribution is 5.85. The molecule has 1 unspecified atom stereocenters. The first-order valence-corrected chi connectivity index (χ1v) is 9.82. The standard InChI is InChI=1S/C20H29N3O8/c1-3-13(2)7-15(23(11-18(26)27)12-19(28)29)9-22(10-17(24)25)8-14-5-4-6-16(21-14)20(30)31/h4-6,13,15H,3,7-12H2,1-2H3,(H,24,25)(H,26,27)(H,28,29)(H,30,31)/t13?,15-/m0/s1. The summed E-state index contributed by atoms with van der Waals surface area (Å²) in [4.78, 5) is 52.0. The fourth-order valence-electron chi connectivity index (χ4n) is 3.22. The van der Waals surface area contributed by atoms with Crippen molar-refractivity contribution in [3.05, 3.63) is 29.6 Å². The van der Waals surface area contributed by atoms with Gasteiger partial charge in [0.15, 0.2) is 0 Å². The summed E-state index contributed by atoms with van der Waals surface area (Å²) in [6, 6.07) is 3.85. The fraction of sp³-hybridized carbons (Fsp3) is 0.550. The molecule has 1 aromatic heterocycles. The second kappa shape index (κ2) is 12.6. The molecule has 0 amide bonds. The van der Waals surface area contributed by atoms with Crippen molar-refractivity contribution in [1.29, 1.82) is 0 Å². The van der Waals surface area contributed by atoms with Crippen LogP contribution in [0.2, 0.25) is 0 Å². The third kappa shape index (κ3) is 10.0. The van der Waals surface area contributed by atoms with Gasteiger partial charge in [-0.1, -0.05) is 26.3 Å². The Balaban J connectivity index is 3.17. The second-order valence-corrected chi connectivity index (χ2v) is 7.48. The maximum Gasteiger partial charge on any atom is 0.354 e. The lowest BCUT2D eigenvalue weighted by Gasteiger charge is -2.34. The highest BCUT2D eigenvalue weighted by atomic mass is 16.4. The molecular formula is C20H29N3O8. The van der Waals surface area contributed by atoms with Gasteiger partial charge in [-0.3, -0.25) is 24.2 Å². The lowest BCUT2D eigenvalue weighted by Crippen LogP contribution is -2.49. The molecule has 11 nitrogen and oxygen atoms in total. The number of hydrogen-bond acceptors (Lipinski definition) is 7. The number of hydrogen-bond donors (Lipinski definition) is 4. The van der Waals surface area contributed by atoms with E-state index in [1.165, 1.54) is 21.9 Å². The van der Waals surface area contributed by atoms with Gasteiger partial charge < -0.3 is 20.4 Å². The molecule has 0 spiro atoms. The van der Waals surface area contributed by atoms with Gasteiger partial charge >= 0.3 is 23.9 Å².